The van der Waals surface area contributed by atoms with Crippen LogP contribution in [0.25, 0.3) is 11.0 Å². The lowest BCUT2D eigenvalue weighted by Crippen LogP contribution is -2.33. The van der Waals surface area contributed by atoms with E-state index < -0.39 is 0 Å². The monoisotopic (exact) mass is 532 g/mol. The first-order chi connectivity index (χ1) is 16.6. The van der Waals surface area contributed by atoms with Crippen LogP contribution in [0.15, 0.2) is 40.9 Å². The number of likely N-dealkylation sites (tertiary alicyclic amines) is 1. The smallest absolute Gasteiger partial charge is 0.175 e. The molecule has 2 heterocycles. The van der Waals surface area contributed by atoms with Crippen molar-refractivity contribution in [2.45, 2.75) is 52.1 Å². The minimum Gasteiger partial charge on any atom is -0.493 e. The predicted octanol–water partition coefficient (Wildman–Crippen LogP) is 6.24. The molecule has 0 radical (unpaired) electrons. The molecule has 0 unspecified atom stereocenters. The summed E-state index contributed by atoms with van der Waals surface area (Å²) in [6.07, 6.45) is 5.41. The molecule has 1 aliphatic heterocycles. The summed E-state index contributed by atoms with van der Waals surface area (Å²) in [5, 5.41) is 14.9. The maximum Gasteiger partial charge on any atom is 0.175 e. The van der Waals surface area contributed by atoms with E-state index in [0.717, 1.165) is 84.5 Å². The molecule has 2 aromatic carbocycles. The number of hydrogen-bond acceptors (Lipinski definition) is 6. The molecule has 0 spiro atoms. The van der Waals surface area contributed by atoms with Crippen LogP contribution in [-0.4, -0.2) is 48.7 Å². The van der Waals surface area contributed by atoms with Gasteiger partial charge in [-0.3, -0.25) is 4.90 Å². The zero-order chi connectivity index (χ0) is 23.9. The van der Waals surface area contributed by atoms with Gasteiger partial charge in [0.25, 0.3) is 0 Å². The Morgan fingerprint density at radius 3 is 2.58 bits per heavy atom. The number of aryl methyl sites for hydroxylation is 1. The fraction of sp³-hybridized carbons (Fsp3) is 0.500. The summed E-state index contributed by atoms with van der Waals surface area (Å²) >= 11 is 0. The molecule has 0 bridgehead atoms. The molecule has 6 nitrogen and oxygen atoms in total. The third-order valence-corrected chi connectivity index (χ3v) is 6.74. The zero-order valence-electron chi connectivity index (χ0n) is 21.5. The predicted molar refractivity (Wildman–Crippen MR) is 149 cm³/mol. The minimum atomic E-state index is 0. The largest absolute Gasteiger partial charge is 0.493 e. The van der Waals surface area contributed by atoms with E-state index >= 15 is 0 Å². The molecule has 0 N–H and O–H groups in total. The Hall–Kier alpha value is -2.30. The molecule has 0 saturated carbocycles. The molecule has 1 saturated heterocycles. The van der Waals surface area contributed by atoms with Gasteiger partial charge in [-0.2, -0.15) is 5.26 Å². The molecule has 0 aliphatic carbocycles. The fourth-order valence-corrected chi connectivity index (χ4v) is 4.87. The Morgan fingerprint density at radius 2 is 1.89 bits per heavy atom. The third-order valence-electron chi connectivity index (χ3n) is 6.74. The van der Waals surface area contributed by atoms with E-state index in [1.165, 1.54) is 12.8 Å². The molecule has 0 atom stereocenters. The van der Waals surface area contributed by atoms with Crippen LogP contribution in [-0.2, 0) is 19.5 Å². The second-order valence-corrected chi connectivity index (χ2v) is 9.66. The zero-order valence-corrected chi connectivity index (χ0v) is 23.2. The minimum absolute atomic E-state index is 0. The molecule has 3 aromatic rings. The Kier molecular flexibility index (Phi) is 12.0. The number of hydrogen-bond donors (Lipinski definition) is 0. The van der Waals surface area contributed by atoms with Gasteiger partial charge in [-0.1, -0.05) is 30.3 Å². The van der Waals surface area contributed by atoms with Crippen molar-refractivity contribution in [1.82, 2.24) is 15.0 Å². The van der Waals surface area contributed by atoms with Crippen LogP contribution in [0.4, 0.5) is 0 Å². The standard InChI is InChI=1S/C28H36N4O2.2ClH/c1-4-17-33-27-12-10-24-26(30-34-28(24)25(27)20-31(2)3)11-9-21-13-15-32(16-14-21)19-23-8-6-5-7-22(23)18-29;;/h5-8,10,12,21H,4,9,11,13-17,19-20H2,1-3H3;2*1H. The highest BCUT2D eigenvalue weighted by Crippen LogP contribution is 2.33. The third kappa shape index (κ3) is 7.36. The summed E-state index contributed by atoms with van der Waals surface area (Å²) in [7, 11) is 4.12. The Morgan fingerprint density at radius 1 is 1.14 bits per heavy atom. The number of fused-ring (bicyclic) bond motifs is 1. The van der Waals surface area contributed by atoms with E-state index in [4.69, 9.17) is 9.26 Å². The van der Waals surface area contributed by atoms with Crippen molar-refractivity contribution in [1.29, 1.82) is 5.26 Å². The second kappa shape index (κ2) is 14.4. The van der Waals surface area contributed by atoms with Gasteiger partial charge >= 0.3 is 0 Å². The molecule has 8 heteroatoms. The molecular formula is C28H38Cl2N4O2. The molecule has 36 heavy (non-hydrogen) atoms. The Labute approximate surface area is 227 Å². The highest BCUT2D eigenvalue weighted by atomic mass is 35.5. The van der Waals surface area contributed by atoms with Crippen molar-refractivity contribution in [3.05, 3.63) is 58.8 Å². The number of rotatable bonds is 10. The van der Waals surface area contributed by atoms with Crippen molar-refractivity contribution in [2.75, 3.05) is 33.8 Å². The molecule has 1 aromatic heterocycles. The number of halogens is 2. The van der Waals surface area contributed by atoms with E-state index in [2.05, 4.69) is 60.2 Å². The molecule has 0 amide bonds. The van der Waals surface area contributed by atoms with E-state index in [-0.39, 0.29) is 24.8 Å². The molecule has 1 aliphatic rings. The van der Waals surface area contributed by atoms with Crippen LogP contribution >= 0.6 is 24.8 Å². The molecule has 196 valence electrons. The van der Waals surface area contributed by atoms with Crippen molar-refractivity contribution in [3.8, 4) is 11.8 Å². The summed E-state index contributed by atoms with van der Waals surface area (Å²) < 4.78 is 11.8. The number of aromatic nitrogens is 1. The number of benzene rings is 2. The van der Waals surface area contributed by atoms with Gasteiger partial charge in [0.1, 0.15) is 5.75 Å². The first-order valence-corrected chi connectivity index (χ1v) is 12.5. The summed E-state index contributed by atoms with van der Waals surface area (Å²) in [6.45, 7) is 6.60. The van der Waals surface area contributed by atoms with Crippen LogP contribution < -0.4 is 4.74 Å². The SMILES string of the molecule is CCCOc1ccc2c(CCC3CCN(Cc4ccccc4C#N)CC3)noc2c1CN(C)C.Cl.Cl. The average Bonchev–Trinajstić information content (AvgIpc) is 3.26. The highest BCUT2D eigenvalue weighted by Gasteiger charge is 2.22. The molecular weight excluding hydrogens is 495 g/mol. The summed E-state index contributed by atoms with van der Waals surface area (Å²) in [5.41, 5.74) is 4.93. The van der Waals surface area contributed by atoms with Crippen molar-refractivity contribution >= 4 is 35.8 Å². The Balaban J connectivity index is 0.00000228. The lowest BCUT2D eigenvalue weighted by molar-refractivity contribution is 0.172. The number of piperidine rings is 1. The first kappa shape index (κ1) is 29.9. The van der Waals surface area contributed by atoms with Crippen molar-refractivity contribution in [2.24, 2.45) is 5.92 Å². The summed E-state index contributed by atoms with van der Waals surface area (Å²) in [4.78, 5) is 4.61. The lowest BCUT2D eigenvalue weighted by Gasteiger charge is -2.32. The molecule has 4 rings (SSSR count). The van der Waals surface area contributed by atoms with Gasteiger partial charge in [0.05, 0.1) is 29.5 Å². The average molecular weight is 534 g/mol. The van der Waals surface area contributed by atoms with E-state index in [1.807, 2.05) is 18.2 Å². The summed E-state index contributed by atoms with van der Waals surface area (Å²) in [6, 6.07) is 14.4. The quantitative estimate of drug-likeness (QED) is 0.308. The normalized spacial score (nSPS) is 14.3. The van der Waals surface area contributed by atoms with Gasteiger partial charge in [-0.15, -0.1) is 24.8 Å². The number of ether oxygens (including phenoxy) is 1. The maximum atomic E-state index is 9.35. The van der Waals surface area contributed by atoms with E-state index in [9.17, 15) is 5.26 Å². The Bertz CT molecular complexity index is 1130. The lowest BCUT2D eigenvalue weighted by atomic mass is 9.90. The molecule has 1 fully saturated rings. The van der Waals surface area contributed by atoms with Gasteiger partial charge in [0.2, 0.25) is 0 Å². The van der Waals surface area contributed by atoms with Crippen LogP contribution in [0, 0.1) is 17.2 Å². The van der Waals surface area contributed by atoms with Gasteiger partial charge < -0.3 is 14.2 Å². The fourth-order valence-electron chi connectivity index (χ4n) is 4.87. The number of nitrogens with zero attached hydrogens (tertiary/aromatic N) is 4. The van der Waals surface area contributed by atoms with Gasteiger partial charge in [-0.05, 0) is 89.0 Å². The van der Waals surface area contributed by atoms with Gasteiger partial charge in [-0.25, -0.2) is 0 Å². The van der Waals surface area contributed by atoms with Crippen molar-refractivity contribution in [3.63, 3.8) is 0 Å². The second-order valence-electron chi connectivity index (χ2n) is 9.66. The van der Waals surface area contributed by atoms with Crippen LogP contribution in [0.5, 0.6) is 5.75 Å². The van der Waals surface area contributed by atoms with E-state index in [1.54, 1.807) is 0 Å². The summed E-state index contributed by atoms with van der Waals surface area (Å²) in [5.74, 6) is 1.60. The van der Waals surface area contributed by atoms with Crippen LogP contribution in [0.1, 0.15) is 55.0 Å². The van der Waals surface area contributed by atoms with Crippen LogP contribution in [0.3, 0.4) is 0 Å². The van der Waals surface area contributed by atoms with Gasteiger partial charge in [0, 0.05) is 18.5 Å². The van der Waals surface area contributed by atoms with E-state index in [0.29, 0.717) is 12.5 Å². The highest BCUT2D eigenvalue weighted by molar-refractivity contribution is 5.86. The first-order valence-electron chi connectivity index (χ1n) is 12.5. The number of nitriles is 1. The van der Waals surface area contributed by atoms with Crippen LogP contribution in [0.2, 0.25) is 0 Å². The van der Waals surface area contributed by atoms with Gasteiger partial charge in [0.15, 0.2) is 5.58 Å². The maximum absolute atomic E-state index is 9.35. The van der Waals surface area contributed by atoms with Crippen molar-refractivity contribution < 1.29 is 9.26 Å². The topological polar surface area (TPSA) is 65.5 Å².